The number of nitrogens with one attached hydrogen (secondary N) is 1. The molecule has 0 aromatic rings. The van der Waals surface area contributed by atoms with E-state index in [0.717, 1.165) is 32.1 Å². The average Bonchev–Trinajstić information content (AvgIpc) is 2.96. The number of hydrogen-bond donors (Lipinski definition) is 1. The maximum atomic E-state index is 11.4. The molecule has 2 fully saturated rings. The van der Waals surface area contributed by atoms with Crippen molar-refractivity contribution in [3.05, 3.63) is 0 Å². The van der Waals surface area contributed by atoms with Gasteiger partial charge in [-0.25, -0.2) is 8.42 Å². The van der Waals surface area contributed by atoms with Crippen molar-refractivity contribution >= 4 is 9.84 Å². The van der Waals surface area contributed by atoms with Crippen molar-refractivity contribution in [1.82, 2.24) is 10.2 Å². The normalized spacial score (nSPS) is 27.5. The Balaban J connectivity index is 1.68. The maximum Gasteiger partial charge on any atom is 0.151 e. The van der Waals surface area contributed by atoms with Crippen molar-refractivity contribution < 1.29 is 8.42 Å². The molecule has 4 nitrogen and oxygen atoms in total. The minimum atomic E-state index is -2.74. The largest absolute Gasteiger partial charge is 0.313 e. The monoisotopic (exact) mass is 232 g/mol. The molecule has 2 rings (SSSR count). The summed E-state index contributed by atoms with van der Waals surface area (Å²) in [5.74, 6) is 0.718. The second-order valence-corrected chi connectivity index (χ2v) is 6.88. The summed E-state index contributed by atoms with van der Waals surface area (Å²) in [6.45, 7) is 3.65. The van der Waals surface area contributed by atoms with Gasteiger partial charge in [-0.1, -0.05) is 0 Å². The Morgan fingerprint density at radius 2 is 2.00 bits per heavy atom. The number of rotatable bonds is 4. The Hall–Kier alpha value is -0.130. The van der Waals surface area contributed by atoms with Crippen LogP contribution in [0.5, 0.6) is 0 Å². The van der Waals surface area contributed by atoms with Gasteiger partial charge in [0.25, 0.3) is 0 Å². The van der Waals surface area contributed by atoms with Gasteiger partial charge in [-0.2, -0.15) is 0 Å². The average molecular weight is 232 g/mol. The molecule has 15 heavy (non-hydrogen) atoms. The summed E-state index contributed by atoms with van der Waals surface area (Å²) < 4.78 is 22.7. The molecule has 0 bridgehead atoms. The van der Waals surface area contributed by atoms with E-state index in [-0.39, 0.29) is 0 Å². The lowest BCUT2D eigenvalue weighted by Crippen LogP contribution is -2.34. The van der Waals surface area contributed by atoms with E-state index in [1.807, 2.05) is 0 Å². The van der Waals surface area contributed by atoms with Crippen LogP contribution in [0.25, 0.3) is 0 Å². The van der Waals surface area contributed by atoms with E-state index in [0.29, 0.717) is 18.1 Å². The fourth-order valence-electron chi connectivity index (χ4n) is 1.93. The van der Waals surface area contributed by atoms with Gasteiger partial charge in [-0.05, 0) is 25.8 Å². The first-order valence-electron chi connectivity index (χ1n) is 5.82. The summed E-state index contributed by atoms with van der Waals surface area (Å²) in [4.78, 5) is 2.26. The first kappa shape index (κ1) is 11.4. The molecular formula is C10H20N2O2S. The molecule has 2 aliphatic rings. The zero-order chi connectivity index (χ0) is 10.7. The summed E-state index contributed by atoms with van der Waals surface area (Å²) in [5, 5.41) is 3.45. The smallest absolute Gasteiger partial charge is 0.151 e. The van der Waals surface area contributed by atoms with E-state index in [1.165, 1.54) is 12.8 Å². The molecular weight excluding hydrogens is 212 g/mol. The molecule has 1 aliphatic carbocycles. The first-order chi connectivity index (χ1) is 7.16. The van der Waals surface area contributed by atoms with Crippen LogP contribution >= 0.6 is 0 Å². The molecule has 0 aromatic carbocycles. The third-order valence-electron chi connectivity index (χ3n) is 3.09. The standard InChI is InChI=1S/C10H20N2O2S/c13-15(14)8-1-5-12(7-9-15)6-4-11-10-2-3-10/h10-11H,1-9H2. The maximum absolute atomic E-state index is 11.4. The van der Waals surface area contributed by atoms with Crippen LogP contribution in [0.3, 0.4) is 0 Å². The van der Waals surface area contributed by atoms with Gasteiger partial charge in [-0.15, -0.1) is 0 Å². The molecule has 0 spiro atoms. The van der Waals surface area contributed by atoms with Crippen LogP contribution in [0, 0.1) is 0 Å². The second-order valence-electron chi connectivity index (χ2n) is 4.58. The van der Waals surface area contributed by atoms with Gasteiger partial charge in [0, 0.05) is 25.7 Å². The van der Waals surface area contributed by atoms with E-state index < -0.39 is 9.84 Å². The van der Waals surface area contributed by atoms with Gasteiger partial charge in [0.1, 0.15) is 0 Å². The third-order valence-corrected chi connectivity index (χ3v) is 4.80. The van der Waals surface area contributed by atoms with Crippen LogP contribution < -0.4 is 5.32 Å². The van der Waals surface area contributed by atoms with Crippen molar-refractivity contribution in [3.8, 4) is 0 Å². The van der Waals surface area contributed by atoms with Crippen molar-refractivity contribution in [2.75, 3.05) is 37.7 Å². The molecule has 1 saturated heterocycles. The van der Waals surface area contributed by atoms with Crippen LogP contribution in [-0.2, 0) is 9.84 Å². The lowest BCUT2D eigenvalue weighted by molar-refractivity contribution is 0.294. The summed E-state index contributed by atoms with van der Waals surface area (Å²) >= 11 is 0. The van der Waals surface area contributed by atoms with Crippen LogP contribution in [0.2, 0.25) is 0 Å². The minimum Gasteiger partial charge on any atom is -0.313 e. The predicted molar refractivity (Wildman–Crippen MR) is 60.7 cm³/mol. The number of hydrogen-bond acceptors (Lipinski definition) is 4. The van der Waals surface area contributed by atoms with E-state index in [1.54, 1.807) is 0 Å². The Labute approximate surface area is 91.9 Å². The van der Waals surface area contributed by atoms with Crippen LogP contribution in [0.4, 0.5) is 0 Å². The highest BCUT2D eigenvalue weighted by atomic mass is 32.2. The SMILES string of the molecule is O=S1(=O)CCCN(CCNC2CC2)CC1. The molecule has 1 heterocycles. The van der Waals surface area contributed by atoms with Crippen molar-refractivity contribution in [2.24, 2.45) is 0 Å². The van der Waals surface area contributed by atoms with Gasteiger partial charge < -0.3 is 10.2 Å². The van der Waals surface area contributed by atoms with Crippen molar-refractivity contribution in [3.63, 3.8) is 0 Å². The van der Waals surface area contributed by atoms with Crippen LogP contribution in [0.15, 0.2) is 0 Å². The Morgan fingerprint density at radius 3 is 2.73 bits per heavy atom. The van der Waals surface area contributed by atoms with Gasteiger partial charge >= 0.3 is 0 Å². The van der Waals surface area contributed by atoms with E-state index >= 15 is 0 Å². The number of nitrogens with zero attached hydrogens (tertiary/aromatic N) is 1. The highest BCUT2D eigenvalue weighted by molar-refractivity contribution is 7.91. The summed E-state index contributed by atoms with van der Waals surface area (Å²) in [6, 6.07) is 0.751. The molecule has 88 valence electrons. The molecule has 1 aliphatic heterocycles. The summed E-state index contributed by atoms with van der Waals surface area (Å²) in [5.41, 5.74) is 0. The predicted octanol–water partition coefficient (Wildman–Crippen LogP) is -0.141. The second kappa shape index (κ2) is 4.80. The molecule has 0 aromatic heterocycles. The molecule has 0 amide bonds. The fourth-order valence-corrected chi connectivity index (χ4v) is 3.24. The summed E-state index contributed by atoms with van der Waals surface area (Å²) in [6.07, 6.45) is 3.43. The van der Waals surface area contributed by atoms with Gasteiger partial charge in [0.15, 0.2) is 9.84 Å². The molecule has 1 saturated carbocycles. The van der Waals surface area contributed by atoms with Crippen LogP contribution in [0.1, 0.15) is 19.3 Å². The first-order valence-corrected chi connectivity index (χ1v) is 7.64. The molecule has 0 radical (unpaired) electrons. The van der Waals surface area contributed by atoms with Gasteiger partial charge in [-0.3, -0.25) is 0 Å². The Morgan fingerprint density at radius 1 is 1.20 bits per heavy atom. The van der Waals surface area contributed by atoms with E-state index in [2.05, 4.69) is 10.2 Å². The van der Waals surface area contributed by atoms with Crippen molar-refractivity contribution in [2.45, 2.75) is 25.3 Å². The molecule has 1 N–H and O–H groups in total. The van der Waals surface area contributed by atoms with Gasteiger partial charge in [0.05, 0.1) is 11.5 Å². The topological polar surface area (TPSA) is 49.4 Å². The van der Waals surface area contributed by atoms with E-state index in [4.69, 9.17) is 0 Å². The molecule has 5 heteroatoms. The highest BCUT2D eigenvalue weighted by Gasteiger charge is 2.21. The third kappa shape index (κ3) is 4.09. The van der Waals surface area contributed by atoms with Gasteiger partial charge in [0.2, 0.25) is 0 Å². The zero-order valence-electron chi connectivity index (χ0n) is 9.11. The lowest BCUT2D eigenvalue weighted by Gasteiger charge is -2.19. The van der Waals surface area contributed by atoms with E-state index in [9.17, 15) is 8.42 Å². The zero-order valence-corrected chi connectivity index (χ0v) is 9.93. The van der Waals surface area contributed by atoms with Crippen molar-refractivity contribution in [1.29, 1.82) is 0 Å². The summed E-state index contributed by atoms with van der Waals surface area (Å²) in [7, 11) is -2.74. The minimum absolute atomic E-state index is 0.344. The lowest BCUT2D eigenvalue weighted by atomic mass is 10.4. The van der Waals surface area contributed by atoms with Crippen LogP contribution in [-0.4, -0.2) is 57.0 Å². The highest BCUT2D eigenvalue weighted by Crippen LogP contribution is 2.18. The molecule has 0 atom stereocenters. The Bertz CT molecular complexity index is 299. The Kier molecular flexibility index (Phi) is 3.64. The quantitative estimate of drug-likeness (QED) is 0.733. The molecule has 0 unspecified atom stereocenters. The fraction of sp³-hybridized carbons (Fsp3) is 1.00. The number of sulfone groups is 1.